The van der Waals surface area contributed by atoms with E-state index >= 15 is 0 Å². The Balaban J connectivity index is 1.93. The first-order valence-corrected chi connectivity index (χ1v) is 6.70. The van der Waals surface area contributed by atoms with E-state index in [-0.39, 0.29) is 0 Å². The van der Waals surface area contributed by atoms with Gasteiger partial charge in [0.05, 0.1) is 4.47 Å². The molecule has 18 heavy (non-hydrogen) atoms. The van der Waals surface area contributed by atoms with Crippen LogP contribution in [0.5, 0.6) is 0 Å². The van der Waals surface area contributed by atoms with Crippen molar-refractivity contribution in [2.45, 2.75) is 19.3 Å². The summed E-state index contributed by atoms with van der Waals surface area (Å²) in [6.07, 6.45) is 5.25. The Morgan fingerprint density at radius 3 is 2.94 bits per heavy atom. The summed E-state index contributed by atoms with van der Waals surface area (Å²) < 4.78 is 5.98. The van der Waals surface area contributed by atoms with Gasteiger partial charge in [-0.3, -0.25) is 5.43 Å². The molecular weight excluding hydrogens is 298 g/mol. The molecule has 6 nitrogen and oxygen atoms in total. The van der Waals surface area contributed by atoms with Crippen molar-refractivity contribution in [1.82, 2.24) is 9.97 Å². The largest absolute Gasteiger partial charge is 0.385 e. The summed E-state index contributed by atoms with van der Waals surface area (Å²) in [7, 11) is 1.74. The highest BCUT2D eigenvalue weighted by Crippen LogP contribution is 2.48. The first-order chi connectivity index (χ1) is 8.69. The van der Waals surface area contributed by atoms with Gasteiger partial charge in [0.1, 0.15) is 5.82 Å². The number of nitrogens with one attached hydrogen (secondary N) is 2. The molecule has 0 aromatic carbocycles. The van der Waals surface area contributed by atoms with E-state index in [1.165, 1.54) is 12.8 Å². The minimum Gasteiger partial charge on any atom is -0.385 e. The topological polar surface area (TPSA) is 85.1 Å². The molecule has 7 heteroatoms. The standard InChI is InChI=1S/C11H18BrN5O/c1-18-5-4-11(2-3-11)7-15-9-8(12)6-14-10(16-9)17-13/h6H,2-5,7,13H2,1H3,(H2,14,15,16,17). The summed E-state index contributed by atoms with van der Waals surface area (Å²) in [5.41, 5.74) is 2.81. The molecule has 0 aliphatic heterocycles. The van der Waals surface area contributed by atoms with Crippen LogP contribution < -0.4 is 16.6 Å². The third-order valence-corrected chi connectivity index (χ3v) is 3.88. The number of hydrogen-bond donors (Lipinski definition) is 3. The van der Waals surface area contributed by atoms with Gasteiger partial charge in [-0.2, -0.15) is 4.98 Å². The molecule has 1 aromatic heterocycles. The van der Waals surface area contributed by atoms with Crippen molar-refractivity contribution in [3.8, 4) is 0 Å². The Labute approximate surface area is 115 Å². The van der Waals surface area contributed by atoms with Crippen molar-refractivity contribution in [2.24, 2.45) is 11.3 Å². The van der Waals surface area contributed by atoms with Crippen LogP contribution in [-0.4, -0.2) is 30.2 Å². The van der Waals surface area contributed by atoms with Crippen LogP contribution in [0, 0.1) is 5.41 Å². The van der Waals surface area contributed by atoms with Gasteiger partial charge in [0.15, 0.2) is 0 Å². The molecule has 1 aliphatic carbocycles. The molecule has 1 aromatic rings. The smallest absolute Gasteiger partial charge is 0.239 e. The molecule has 0 bridgehead atoms. The molecule has 4 N–H and O–H groups in total. The summed E-state index contributed by atoms with van der Waals surface area (Å²) in [6.45, 7) is 1.71. The summed E-state index contributed by atoms with van der Waals surface area (Å²) in [5, 5.41) is 3.35. The van der Waals surface area contributed by atoms with E-state index in [0.717, 1.165) is 29.9 Å². The van der Waals surface area contributed by atoms with Crippen LogP contribution in [0.15, 0.2) is 10.7 Å². The molecule has 1 aliphatic rings. The van der Waals surface area contributed by atoms with Crippen LogP contribution in [0.25, 0.3) is 0 Å². The van der Waals surface area contributed by atoms with Crippen molar-refractivity contribution >= 4 is 27.7 Å². The molecule has 1 fully saturated rings. The first kappa shape index (κ1) is 13.5. The fourth-order valence-electron chi connectivity index (χ4n) is 1.84. The zero-order valence-corrected chi connectivity index (χ0v) is 12.0. The van der Waals surface area contributed by atoms with Crippen LogP contribution in [0.2, 0.25) is 0 Å². The lowest BCUT2D eigenvalue weighted by atomic mass is 10.0. The van der Waals surface area contributed by atoms with Gasteiger partial charge < -0.3 is 10.1 Å². The van der Waals surface area contributed by atoms with Crippen molar-refractivity contribution < 1.29 is 4.74 Å². The molecule has 0 radical (unpaired) electrons. The van der Waals surface area contributed by atoms with E-state index < -0.39 is 0 Å². The zero-order valence-electron chi connectivity index (χ0n) is 10.4. The molecule has 2 rings (SSSR count). The van der Waals surface area contributed by atoms with Gasteiger partial charge >= 0.3 is 0 Å². The van der Waals surface area contributed by atoms with Gasteiger partial charge in [-0.1, -0.05) is 0 Å². The highest BCUT2D eigenvalue weighted by atomic mass is 79.9. The molecule has 0 saturated heterocycles. The van der Waals surface area contributed by atoms with E-state index in [9.17, 15) is 0 Å². The average Bonchev–Trinajstić information content (AvgIpc) is 3.16. The summed E-state index contributed by atoms with van der Waals surface area (Å²) in [5.74, 6) is 6.46. The number of nitrogens with zero attached hydrogens (tertiary/aromatic N) is 2. The van der Waals surface area contributed by atoms with Gasteiger partial charge in [-0.25, -0.2) is 10.8 Å². The number of aromatic nitrogens is 2. The average molecular weight is 316 g/mol. The van der Waals surface area contributed by atoms with Crippen LogP contribution in [-0.2, 0) is 4.74 Å². The number of ether oxygens (including phenoxy) is 1. The molecule has 0 spiro atoms. The predicted octanol–water partition coefficient (Wildman–Crippen LogP) is 1.75. The molecule has 0 unspecified atom stereocenters. The lowest BCUT2D eigenvalue weighted by molar-refractivity contribution is 0.175. The van der Waals surface area contributed by atoms with Gasteiger partial charge in [-0.05, 0) is 40.6 Å². The second-order valence-electron chi connectivity index (χ2n) is 4.63. The minimum atomic E-state index is 0.372. The fraction of sp³-hybridized carbons (Fsp3) is 0.636. The minimum absolute atomic E-state index is 0.372. The number of nitrogens with two attached hydrogens (primary N) is 1. The maximum absolute atomic E-state index is 5.29. The molecular formula is C11H18BrN5O. The number of nitrogen functional groups attached to an aromatic ring is 1. The zero-order chi connectivity index (χ0) is 13.0. The third-order valence-electron chi connectivity index (χ3n) is 3.30. The van der Waals surface area contributed by atoms with E-state index in [1.54, 1.807) is 13.3 Å². The third kappa shape index (κ3) is 3.30. The van der Waals surface area contributed by atoms with E-state index in [4.69, 9.17) is 10.6 Å². The molecule has 0 atom stereocenters. The second-order valence-corrected chi connectivity index (χ2v) is 5.49. The van der Waals surface area contributed by atoms with Gasteiger partial charge in [0.2, 0.25) is 5.95 Å². The summed E-state index contributed by atoms with van der Waals surface area (Å²) >= 11 is 3.42. The number of hydrazine groups is 1. The number of anilines is 2. The molecule has 0 amide bonds. The maximum atomic E-state index is 5.29. The number of halogens is 1. The predicted molar refractivity (Wildman–Crippen MR) is 74.2 cm³/mol. The van der Waals surface area contributed by atoms with E-state index in [0.29, 0.717) is 11.4 Å². The van der Waals surface area contributed by atoms with Crippen LogP contribution >= 0.6 is 15.9 Å². The molecule has 1 heterocycles. The van der Waals surface area contributed by atoms with Gasteiger partial charge in [-0.15, -0.1) is 0 Å². The number of methoxy groups -OCH3 is 1. The fourth-order valence-corrected chi connectivity index (χ4v) is 2.17. The monoisotopic (exact) mass is 315 g/mol. The van der Waals surface area contributed by atoms with E-state index in [2.05, 4.69) is 36.6 Å². The lowest BCUT2D eigenvalue weighted by Crippen LogP contribution is -2.19. The lowest BCUT2D eigenvalue weighted by Gasteiger charge is -2.16. The summed E-state index contributed by atoms with van der Waals surface area (Å²) in [6, 6.07) is 0. The van der Waals surface area contributed by atoms with Crippen LogP contribution in [0.1, 0.15) is 19.3 Å². The Hall–Kier alpha value is -0.920. The Kier molecular flexibility index (Phi) is 4.36. The molecule has 1 saturated carbocycles. The van der Waals surface area contributed by atoms with Crippen molar-refractivity contribution in [3.63, 3.8) is 0 Å². The number of hydrogen-bond acceptors (Lipinski definition) is 6. The normalized spacial score (nSPS) is 16.4. The quantitative estimate of drug-likeness (QED) is 0.525. The van der Waals surface area contributed by atoms with Gasteiger partial charge in [0.25, 0.3) is 0 Å². The second kappa shape index (κ2) is 5.81. The maximum Gasteiger partial charge on any atom is 0.239 e. The number of rotatable bonds is 7. The highest BCUT2D eigenvalue weighted by Gasteiger charge is 2.41. The SMILES string of the molecule is COCCC1(CNc2nc(NN)ncc2Br)CC1. The van der Waals surface area contributed by atoms with Gasteiger partial charge in [0, 0.05) is 26.5 Å². The molecule has 100 valence electrons. The summed E-state index contributed by atoms with van der Waals surface area (Å²) in [4.78, 5) is 8.28. The van der Waals surface area contributed by atoms with Crippen LogP contribution in [0.4, 0.5) is 11.8 Å². The van der Waals surface area contributed by atoms with E-state index in [1.807, 2.05) is 0 Å². The Morgan fingerprint density at radius 2 is 2.33 bits per heavy atom. The van der Waals surface area contributed by atoms with Crippen molar-refractivity contribution in [1.29, 1.82) is 0 Å². The van der Waals surface area contributed by atoms with Crippen molar-refractivity contribution in [3.05, 3.63) is 10.7 Å². The van der Waals surface area contributed by atoms with Crippen molar-refractivity contribution in [2.75, 3.05) is 31.0 Å². The Bertz CT molecular complexity index is 410. The highest BCUT2D eigenvalue weighted by molar-refractivity contribution is 9.10. The van der Waals surface area contributed by atoms with Crippen LogP contribution in [0.3, 0.4) is 0 Å². The Morgan fingerprint density at radius 1 is 1.56 bits per heavy atom. The first-order valence-electron chi connectivity index (χ1n) is 5.91.